The van der Waals surface area contributed by atoms with Crippen molar-refractivity contribution in [3.05, 3.63) is 0 Å². The maximum absolute atomic E-state index is 12.4. The lowest BCUT2D eigenvalue weighted by atomic mass is 10.0. The van der Waals surface area contributed by atoms with Crippen molar-refractivity contribution >= 4 is 23.6 Å². The minimum absolute atomic E-state index is 0.0335. The van der Waals surface area contributed by atoms with E-state index in [1.807, 2.05) is 6.92 Å². The largest absolute Gasteiger partial charge is 0.480 e. The van der Waals surface area contributed by atoms with Crippen LogP contribution in [0.5, 0.6) is 0 Å². The van der Waals surface area contributed by atoms with E-state index in [2.05, 4.69) is 6.92 Å². The molecule has 4 nitrogen and oxygen atoms in total. The first kappa shape index (κ1) is 13.7. The zero-order valence-corrected chi connectivity index (χ0v) is 11.8. The molecule has 0 bridgehead atoms. The van der Waals surface area contributed by atoms with E-state index in [1.54, 1.807) is 16.7 Å². The highest BCUT2D eigenvalue weighted by Gasteiger charge is 2.48. The summed E-state index contributed by atoms with van der Waals surface area (Å²) < 4.78 is 0. The van der Waals surface area contributed by atoms with Crippen LogP contribution in [0.15, 0.2) is 0 Å². The zero-order chi connectivity index (χ0) is 13.3. The van der Waals surface area contributed by atoms with E-state index in [9.17, 15) is 14.7 Å². The number of carboxylic acids is 1. The van der Waals surface area contributed by atoms with Gasteiger partial charge in [-0.25, -0.2) is 4.79 Å². The number of aliphatic carboxylic acids is 1. The number of carbonyl (C=O) groups is 2. The van der Waals surface area contributed by atoms with Crippen LogP contribution in [-0.2, 0) is 9.59 Å². The van der Waals surface area contributed by atoms with Crippen molar-refractivity contribution in [2.24, 2.45) is 11.8 Å². The first-order valence-corrected chi connectivity index (χ1v) is 7.77. The number of amides is 1. The van der Waals surface area contributed by atoms with E-state index in [0.29, 0.717) is 11.7 Å². The molecule has 1 saturated carbocycles. The summed E-state index contributed by atoms with van der Waals surface area (Å²) in [7, 11) is 0. The number of thioether (sulfide) groups is 1. The molecule has 5 heteroatoms. The molecule has 1 N–H and O–H groups in total. The second-order valence-electron chi connectivity index (χ2n) is 5.35. The van der Waals surface area contributed by atoms with Crippen LogP contribution in [0, 0.1) is 11.8 Å². The molecule has 0 aromatic carbocycles. The number of carbonyl (C=O) groups excluding carboxylic acids is 1. The van der Waals surface area contributed by atoms with Gasteiger partial charge in [-0.1, -0.05) is 20.3 Å². The van der Waals surface area contributed by atoms with E-state index in [1.165, 1.54) is 0 Å². The fraction of sp³-hybridized carbons (Fsp3) is 0.846. The van der Waals surface area contributed by atoms with Crippen molar-refractivity contribution in [2.45, 2.75) is 50.9 Å². The lowest BCUT2D eigenvalue weighted by molar-refractivity contribution is -0.151. The molecule has 1 aliphatic carbocycles. The number of hydrogen-bond acceptors (Lipinski definition) is 3. The van der Waals surface area contributed by atoms with Crippen LogP contribution in [0.3, 0.4) is 0 Å². The summed E-state index contributed by atoms with van der Waals surface area (Å²) in [6.07, 6.45) is 4.06. The summed E-state index contributed by atoms with van der Waals surface area (Å²) in [5.74, 6) is 0.184. The lowest BCUT2D eigenvalue weighted by Gasteiger charge is -2.30. The van der Waals surface area contributed by atoms with Gasteiger partial charge in [-0.2, -0.15) is 0 Å². The smallest absolute Gasteiger partial charge is 0.327 e. The molecule has 0 spiro atoms. The highest BCUT2D eigenvalue weighted by Crippen LogP contribution is 2.46. The Morgan fingerprint density at radius 2 is 2.11 bits per heavy atom. The fourth-order valence-electron chi connectivity index (χ4n) is 2.55. The third-order valence-electron chi connectivity index (χ3n) is 3.74. The normalized spacial score (nSPS) is 29.3. The van der Waals surface area contributed by atoms with Gasteiger partial charge in [-0.05, 0) is 25.2 Å². The molecule has 0 aromatic rings. The van der Waals surface area contributed by atoms with Crippen molar-refractivity contribution in [1.82, 2.24) is 4.90 Å². The average Bonchev–Trinajstić information content (AvgIpc) is 3.07. The highest BCUT2D eigenvalue weighted by molar-refractivity contribution is 8.00. The summed E-state index contributed by atoms with van der Waals surface area (Å²) >= 11 is 1.65. The SMILES string of the molecule is CCCC(C)C(=O)N1C(C(=O)O)CSC1C1CC1. The molecule has 102 valence electrons. The molecule has 18 heavy (non-hydrogen) atoms. The molecule has 1 aliphatic heterocycles. The van der Waals surface area contributed by atoms with Crippen LogP contribution in [0.25, 0.3) is 0 Å². The fourth-order valence-corrected chi connectivity index (χ4v) is 4.19. The van der Waals surface area contributed by atoms with Crippen LogP contribution in [0.1, 0.15) is 39.5 Å². The molecule has 1 heterocycles. The molecule has 2 aliphatic rings. The summed E-state index contributed by atoms with van der Waals surface area (Å²) in [4.78, 5) is 25.4. The predicted octanol–water partition coefficient (Wildman–Crippen LogP) is 2.19. The topological polar surface area (TPSA) is 57.6 Å². The van der Waals surface area contributed by atoms with Crippen molar-refractivity contribution in [1.29, 1.82) is 0 Å². The highest BCUT2D eigenvalue weighted by atomic mass is 32.2. The molecular formula is C13H21NO3S. The zero-order valence-electron chi connectivity index (χ0n) is 11.0. The van der Waals surface area contributed by atoms with Crippen molar-refractivity contribution in [2.75, 3.05) is 5.75 Å². The average molecular weight is 271 g/mol. The van der Waals surface area contributed by atoms with E-state index in [4.69, 9.17) is 0 Å². The van der Waals surface area contributed by atoms with Crippen LogP contribution in [0.2, 0.25) is 0 Å². The van der Waals surface area contributed by atoms with E-state index >= 15 is 0 Å². The Hall–Kier alpha value is -0.710. The van der Waals surface area contributed by atoms with E-state index in [0.717, 1.165) is 25.7 Å². The third-order valence-corrected chi connectivity index (χ3v) is 5.20. The first-order chi connectivity index (χ1) is 8.56. The summed E-state index contributed by atoms with van der Waals surface area (Å²) in [6.45, 7) is 3.97. The van der Waals surface area contributed by atoms with Gasteiger partial charge in [-0.15, -0.1) is 11.8 Å². The van der Waals surface area contributed by atoms with Crippen LogP contribution < -0.4 is 0 Å². The van der Waals surface area contributed by atoms with Crippen molar-refractivity contribution in [3.8, 4) is 0 Å². The number of carboxylic acid groups (broad SMARTS) is 1. The molecule has 0 aromatic heterocycles. The molecule has 0 radical (unpaired) electrons. The number of hydrogen-bond donors (Lipinski definition) is 1. The molecule has 3 atom stereocenters. The minimum atomic E-state index is -0.859. The third kappa shape index (κ3) is 2.66. The Kier molecular flexibility index (Phi) is 4.20. The number of nitrogens with zero attached hydrogens (tertiary/aromatic N) is 1. The first-order valence-electron chi connectivity index (χ1n) is 6.72. The summed E-state index contributed by atoms with van der Waals surface area (Å²) in [6, 6.07) is -0.618. The maximum atomic E-state index is 12.4. The van der Waals surface area contributed by atoms with E-state index < -0.39 is 12.0 Å². The second kappa shape index (κ2) is 5.51. The van der Waals surface area contributed by atoms with Gasteiger partial charge in [0.15, 0.2) is 0 Å². The van der Waals surface area contributed by atoms with E-state index in [-0.39, 0.29) is 17.2 Å². The van der Waals surface area contributed by atoms with Crippen LogP contribution in [-0.4, -0.2) is 39.1 Å². The van der Waals surface area contributed by atoms with Gasteiger partial charge in [0.05, 0.1) is 5.37 Å². The Morgan fingerprint density at radius 3 is 2.61 bits per heavy atom. The lowest BCUT2D eigenvalue weighted by Crippen LogP contribution is -2.48. The number of rotatable bonds is 5. The Morgan fingerprint density at radius 1 is 1.44 bits per heavy atom. The van der Waals surface area contributed by atoms with Gasteiger partial charge in [-0.3, -0.25) is 4.79 Å². The maximum Gasteiger partial charge on any atom is 0.327 e. The second-order valence-corrected chi connectivity index (χ2v) is 6.50. The van der Waals surface area contributed by atoms with Gasteiger partial charge in [0, 0.05) is 11.7 Å². The Balaban J connectivity index is 2.12. The van der Waals surface area contributed by atoms with Gasteiger partial charge in [0.2, 0.25) is 5.91 Å². The minimum Gasteiger partial charge on any atom is -0.480 e. The van der Waals surface area contributed by atoms with Gasteiger partial charge in [0.25, 0.3) is 0 Å². The van der Waals surface area contributed by atoms with Crippen LogP contribution >= 0.6 is 11.8 Å². The molecule has 2 rings (SSSR count). The van der Waals surface area contributed by atoms with Gasteiger partial charge < -0.3 is 10.0 Å². The monoisotopic (exact) mass is 271 g/mol. The molecule has 2 fully saturated rings. The quantitative estimate of drug-likeness (QED) is 0.832. The predicted molar refractivity (Wildman–Crippen MR) is 71.3 cm³/mol. The molecule has 1 saturated heterocycles. The summed E-state index contributed by atoms with van der Waals surface area (Å²) in [5, 5.41) is 9.37. The molecular weight excluding hydrogens is 250 g/mol. The Labute approximate surface area is 112 Å². The van der Waals surface area contributed by atoms with Crippen molar-refractivity contribution < 1.29 is 14.7 Å². The Bertz CT molecular complexity index is 343. The van der Waals surface area contributed by atoms with Gasteiger partial charge >= 0.3 is 5.97 Å². The summed E-state index contributed by atoms with van der Waals surface area (Å²) in [5.41, 5.74) is 0. The molecule has 3 unspecified atom stereocenters. The molecule has 1 amide bonds. The standard InChI is InChI=1S/C13H21NO3S/c1-3-4-8(2)11(15)14-10(13(16)17)7-18-12(14)9-5-6-9/h8-10,12H,3-7H2,1-2H3,(H,16,17). The van der Waals surface area contributed by atoms with Crippen LogP contribution in [0.4, 0.5) is 0 Å². The van der Waals surface area contributed by atoms with Gasteiger partial charge in [0.1, 0.15) is 6.04 Å². The van der Waals surface area contributed by atoms with Crippen molar-refractivity contribution in [3.63, 3.8) is 0 Å².